The van der Waals surface area contributed by atoms with E-state index in [1.54, 1.807) is 55.6 Å². The first-order chi connectivity index (χ1) is 19.8. The maximum absolute atomic E-state index is 14.3. The van der Waals surface area contributed by atoms with Crippen LogP contribution in [0, 0.1) is 11.6 Å². The number of aromatic nitrogens is 1. The van der Waals surface area contributed by atoms with Crippen LogP contribution in [-0.2, 0) is 11.3 Å². The SMILES string of the molecule is COc1ccc([C@@H](C(=O)NC2CCCC2)N(Cc2ccc(F)cc2)C(=O)c2snc(-c3ccc(F)cc3)c2N)cc1. The molecule has 1 atom stereocenters. The van der Waals surface area contributed by atoms with Gasteiger partial charge < -0.3 is 20.7 Å². The summed E-state index contributed by atoms with van der Waals surface area (Å²) in [6.07, 6.45) is 3.80. The smallest absolute Gasteiger partial charge is 0.268 e. The number of benzene rings is 3. The molecule has 0 radical (unpaired) electrons. The molecular formula is C31H30F2N4O3S. The van der Waals surface area contributed by atoms with Gasteiger partial charge in [0.25, 0.3) is 5.91 Å². The summed E-state index contributed by atoms with van der Waals surface area (Å²) in [7, 11) is 1.55. The lowest BCUT2D eigenvalue weighted by Gasteiger charge is -2.32. The van der Waals surface area contributed by atoms with Gasteiger partial charge in [0.1, 0.15) is 34.0 Å². The fraction of sp³-hybridized carbons (Fsp3) is 0.258. The van der Waals surface area contributed by atoms with E-state index in [1.165, 1.54) is 29.2 Å². The maximum atomic E-state index is 14.3. The molecular weight excluding hydrogens is 546 g/mol. The van der Waals surface area contributed by atoms with Crippen LogP contribution >= 0.6 is 11.5 Å². The topological polar surface area (TPSA) is 97.5 Å². The van der Waals surface area contributed by atoms with Gasteiger partial charge in [0.15, 0.2) is 0 Å². The van der Waals surface area contributed by atoms with E-state index in [9.17, 15) is 18.4 Å². The van der Waals surface area contributed by atoms with Gasteiger partial charge in [-0.05, 0) is 84.0 Å². The molecule has 7 nitrogen and oxygen atoms in total. The Morgan fingerprint density at radius 2 is 1.61 bits per heavy atom. The molecule has 41 heavy (non-hydrogen) atoms. The number of rotatable bonds is 9. The summed E-state index contributed by atoms with van der Waals surface area (Å²) in [6.45, 7) is 0.0110. The van der Waals surface area contributed by atoms with E-state index in [4.69, 9.17) is 10.5 Å². The fourth-order valence-corrected chi connectivity index (χ4v) is 5.85. The third-order valence-electron chi connectivity index (χ3n) is 7.26. The summed E-state index contributed by atoms with van der Waals surface area (Å²) in [5.41, 5.74) is 8.73. The van der Waals surface area contributed by atoms with Crippen molar-refractivity contribution in [2.75, 3.05) is 12.8 Å². The van der Waals surface area contributed by atoms with Crippen LogP contribution in [0.15, 0.2) is 72.8 Å². The number of methoxy groups -OCH3 is 1. The van der Waals surface area contributed by atoms with Crippen LogP contribution in [0.5, 0.6) is 5.75 Å². The van der Waals surface area contributed by atoms with Crippen molar-refractivity contribution < 1.29 is 23.1 Å². The first-order valence-corrected chi connectivity index (χ1v) is 14.1. The van der Waals surface area contributed by atoms with Crippen LogP contribution in [0.25, 0.3) is 11.3 Å². The molecule has 1 fully saturated rings. The highest BCUT2D eigenvalue weighted by Gasteiger charge is 2.36. The summed E-state index contributed by atoms with van der Waals surface area (Å²) in [5, 5.41) is 3.14. The number of nitrogens with one attached hydrogen (secondary N) is 1. The monoisotopic (exact) mass is 576 g/mol. The molecule has 0 aliphatic heterocycles. The molecule has 1 aliphatic rings. The summed E-state index contributed by atoms with van der Waals surface area (Å²) < 4.78 is 37.0. The number of halogens is 2. The molecule has 4 aromatic rings. The first-order valence-electron chi connectivity index (χ1n) is 13.3. The van der Waals surface area contributed by atoms with Gasteiger partial charge in [-0.3, -0.25) is 9.59 Å². The standard InChI is InChI=1S/C31H30F2N4O3S/c1-40-25-16-10-21(11-17-25)28(30(38)35-24-4-2-3-5-24)37(18-19-6-12-22(32)13-7-19)31(39)29-26(34)27(36-41-29)20-8-14-23(33)15-9-20/h6-17,24,28H,2-5,18,34H2,1H3,(H,35,38)/t28-/m0/s1. The van der Waals surface area contributed by atoms with E-state index in [0.29, 0.717) is 28.1 Å². The number of nitrogen functional groups attached to an aromatic ring is 1. The predicted molar refractivity (Wildman–Crippen MR) is 154 cm³/mol. The van der Waals surface area contributed by atoms with Crippen molar-refractivity contribution in [3.63, 3.8) is 0 Å². The van der Waals surface area contributed by atoms with Crippen LogP contribution in [0.1, 0.15) is 52.5 Å². The van der Waals surface area contributed by atoms with Gasteiger partial charge in [0.05, 0.1) is 12.8 Å². The Morgan fingerprint density at radius 3 is 2.22 bits per heavy atom. The van der Waals surface area contributed by atoms with Crippen molar-refractivity contribution in [3.05, 3.63) is 100 Å². The predicted octanol–water partition coefficient (Wildman–Crippen LogP) is 6.12. The van der Waals surface area contributed by atoms with E-state index in [0.717, 1.165) is 37.2 Å². The van der Waals surface area contributed by atoms with Crippen LogP contribution in [0.3, 0.4) is 0 Å². The number of carbonyl (C=O) groups is 2. The second-order valence-electron chi connectivity index (χ2n) is 10.0. The third-order valence-corrected chi connectivity index (χ3v) is 8.11. The van der Waals surface area contributed by atoms with Gasteiger partial charge >= 0.3 is 0 Å². The highest BCUT2D eigenvalue weighted by Crippen LogP contribution is 2.35. The Morgan fingerprint density at radius 1 is 1.00 bits per heavy atom. The van der Waals surface area contributed by atoms with Gasteiger partial charge in [-0.1, -0.05) is 37.1 Å². The largest absolute Gasteiger partial charge is 0.497 e. The lowest BCUT2D eigenvalue weighted by atomic mass is 10.0. The number of nitrogens with two attached hydrogens (primary N) is 1. The van der Waals surface area contributed by atoms with Crippen LogP contribution in [0.4, 0.5) is 14.5 Å². The summed E-state index contributed by atoms with van der Waals surface area (Å²) in [4.78, 5) is 29.8. The molecule has 1 saturated carbocycles. The number of carbonyl (C=O) groups excluding carboxylic acids is 2. The minimum Gasteiger partial charge on any atom is -0.497 e. The number of ether oxygens (including phenoxy) is 1. The number of hydrogen-bond acceptors (Lipinski definition) is 6. The molecule has 0 bridgehead atoms. The third kappa shape index (κ3) is 6.38. The number of hydrogen-bond donors (Lipinski definition) is 2. The maximum Gasteiger partial charge on any atom is 0.268 e. The summed E-state index contributed by atoms with van der Waals surface area (Å²) in [5.74, 6) is -1.02. The average molecular weight is 577 g/mol. The van der Waals surface area contributed by atoms with Gasteiger partial charge in [-0.15, -0.1) is 0 Å². The Labute approximate surface area is 241 Å². The minimum absolute atomic E-state index is 0.0110. The molecule has 0 spiro atoms. The Hall–Kier alpha value is -4.31. The minimum atomic E-state index is -1.02. The van der Waals surface area contributed by atoms with Crippen molar-refractivity contribution in [1.82, 2.24) is 14.6 Å². The molecule has 10 heteroatoms. The van der Waals surface area contributed by atoms with Crippen molar-refractivity contribution in [2.24, 2.45) is 0 Å². The normalized spacial score (nSPS) is 14.0. The van der Waals surface area contributed by atoms with Gasteiger partial charge in [-0.25, -0.2) is 8.78 Å². The van der Waals surface area contributed by atoms with Gasteiger partial charge in [0, 0.05) is 18.2 Å². The second kappa shape index (κ2) is 12.5. The molecule has 5 rings (SSSR count). The number of amides is 2. The number of nitrogens with zero attached hydrogens (tertiary/aromatic N) is 2. The number of anilines is 1. The Kier molecular flexibility index (Phi) is 8.58. The van der Waals surface area contributed by atoms with Gasteiger partial charge in [0.2, 0.25) is 5.91 Å². The molecule has 1 aliphatic carbocycles. The van der Waals surface area contributed by atoms with E-state index >= 15 is 0 Å². The molecule has 2 amide bonds. The van der Waals surface area contributed by atoms with Crippen LogP contribution in [0.2, 0.25) is 0 Å². The average Bonchev–Trinajstić information content (AvgIpc) is 3.64. The van der Waals surface area contributed by atoms with E-state index in [1.807, 2.05) is 0 Å². The zero-order valence-corrected chi connectivity index (χ0v) is 23.3. The van der Waals surface area contributed by atoms with Gasteiger partial charge in [-0.2, -0.15) is 4.37 Å². The summed E-state index contributed by atoms with van der Waals surface area (Å²) >= 11 is 0.916. The lowest BCUT2D eigenvalue weighted by molar-refractivity contribution is -0.126. The van der Waals surface area contributed by atoms with Crippen molar-refractivity contribution >= 4 is 29.0 Å². The molecule has 0 saturated heterocycles. The van der Waals surface area contributed by atoms with E-state index < -0.39 is 23.6 Å². The molecule has 3 N–H and O–H groups in total. The summed E-state index contributed by atoms with van der Waals surface area (Å²) in [6, 6.07) is 17.4. The van der Waals surface area contributed by atoms with Crippen molar-refractivity contribution in [1.29, 1.82) is 0 Å². The van der Waals surface area contributed by atoms with E-state index in [-0.39, 0.29) is 29.1 Å². The highest BCUT2D eigenvalue weighted by molar-refractivity contribution is 7.09. The van der Waals surface area contributed by atoms with Crippen LogP contribution in [-0.4, -0.2) is 34.2 Å². The van der Waals surface area contributed by atoms with Crippen molar-refractivity contribution in [2.45, 2.75) is 44.3 Å². The molecule has 3 aromatic carbocycles. The first kappa shape index (κ1) is 28.2. The second-order valence-corrected chi connectivity index (χ2v) is 10.8. The molecule has 1 heterocycles. The fourth-order valence-electron chi connectivity index (χ4n) is 5.07. The van der Waals surface area contributed by atoms with Crippen LogP contribution < -0.4 is 15.8 Å². The Bertz CT molecular complexity index is 1500. The Balaban J connectivity index is 1.57. The molecule has 212 valence electrons. The molecule has 0 unspecified atom stereocenters. The lowest BCUT2D eigenvalue weighted by Crippen LogP contribution is -2.45. The van der Waals surface area contributed by atoms with E-state index in [2.05, 4.69) is 9.69 Å². The van der Waals surface area contributed by atoms with Crippen molar-refractivity contribution in [3.8, 4) is 17.0 Å². The zero-order chi connectivity index (χ0) is 28.9. The quantitative estimate of drug-likeness (QED) is 0.250. The highest BCUT2D eigenvalue weighted by atomic mass is 32.1. The zero-order valence-electron chi connectivity index (χ0n) is 22.5. The molecule has 1 aromatic heterocycles.